The number of carboxylic acid groups (broad SMARTS) is 1. The number of benzene rings is 1. The monoisotopic (exact) mass is 276 g/mol. The fraction of sp³-hybridized carbons (Fsp3) is 0.154. The zero-order valence-corrected chi connectivity index (χ0v) is 11.3. The number of carbonyl (C=O) groups is 1. The molecule has 2 rings (SSSR count). The van der Waals surface area contributed by atoms with Crippen LogP contribution in [0, 0.1) is 0 Å². The number of ether oxygens (including phenoxy) is 1. The lowest BCUT2D eigenvalue weighted by atomic mass is 10.1. The van der Waals surface area contributed by atoms with Crippen molar-refractivity contribution in [3.63, 3.8) is 0 Å². The maximum absolute atomic E-state index is 11.3. The summed E-state index contributed by atoms with van der Waals surface area (Å²) >= 11 is 1.36. The van der Waals surface area contributed by atoms with E-state index in [0.717, 1.165) is 0 Å². The Morgan fingerprint density at radius 2 is 2.11 bits per heavy atom. The summed E-state index contributed by atoms with van der Waals surface area (Å²) in [5, 5.41) is 9.75. The molecule has 0 saturated carbocycles. The van der Waals surface area contributed by atoms with Crippen molar-refractivity contribution in [2.45, 2.75) is 5.16 Å². The lowest BCUT2D eigenvalue weighted by Gasteiger charge is -2.10. The molecular formula is C13H12N2O3S. The molecule has 1 aromatic carbocycles. The Hall–Kier alpha value is -2.08. The van der Waals surface area contributed by atoms with Gasteiger partial charge in [0.1, 0.15) is 11.3 Å². The molecule has 1 aromatic heterocycles. The summed E-state index contributed by atoms with van der Waals surface area (Å²) in [6.45, 7) is 0. The molecule has 1 heterocycles. The zero-order chi connectivity index (χ0) is 13.8. The van der Waals surface area contributed by atoms with Crippen LogP contribution in [0.5, 0.6) is 5.75 Å². The molecule has 0 bridgehead atoms. The molecule has 0 aliphatic carbocycles. The van der Waals surface area contributed by atoms with Crippen LogP contribution in [0.3, 0.4) is 0 Å². The van der Waals surface area contributed by atoms with Gasteiger partial charge in [0, 0.05) is 11.8 Å². The number of rotatable bonds is 4. The van der Waals surface area contributed by atoms with Crippen molar-refractivity contribution in [3.8, 4) is 17.0 Å². The fourth-order valence-electron chi connectivity index (χ4n) is 1.67. The fourth-order valence-corrected chi connectivity index (χ4v) is 2.01. The van der Waals surface area contributed by atoms with Crippen LogP contribution < -0.4 is 4.74 Å². The minimum Gasteiger partial charge on any atom is -0.496 e. The maximum atomic E-state index is 11.3. The van der Waals surface area contributed by atoms with Gasteiger partial charge >= 0.3 is 5.97 Å². The Kier molecular flexibility index (Phi) is 4.01. The van der Waals surface area contributed by atoms with Crippen LogP contribution in [-0.4, -0.2) is 34.4 Å². The number of hydrogen-bond acceptors (Lipinski definition) is 5. The summed E-state index contributed by atoms with van der Waals surface area (Å²) in [5.41, 5.74) is 1.06. The third kappa shape index (κ3) is 2.68. The van der Waals surface area contributed by atoms with E-state index in [1.165, 1.54) is 25.1 Å². The zero-order valence-electron chi connectivity index (χ0n) is 10.5. The molecule has 0 saturated heterocycles. The van der Waals surface area contributed by atoms with Crippen molar-refractivity contribution >= 4 is 17.7 Å². The number of thioether (sulfide) groups is 1. The van der Waals surface area contributed by atoms with Crippen molar-refractivity contribution < 1.29 is 14.6 Å². The van der Waals surface area contributed by atoms with Gasteiger partial charge in [0.05, 0.1) is 12.8 Å². The summed E-state index contributed by atoms with van der Waals surface area (Å²) in [6, 6.07) is 7.17. The highest BCUT2D eigenvalue weighted by Gasteiger charge is 2.17. The lowest BCUT2D eigenvalue weighted by Crippen LogP contribution is -2.04. The van der Waals surface area contributed by atoms with E-state index < -0.39 is 5.97 Å². The van der Waals surface area contributed by atoms with Gasteiger partial charge in [0.25, 0.3) is 0 Å². The van der Waals surface area contributed by atoms with Gasteiger partial charge in [-0.3, -0.25) is 0 Å². The molecule has 98 valence electrons. The van der Waals surface area contributed by atoms with E-state index in [-0.39, 0.29) is 5.56 Å². The molecule has 0 spiro atoms. The largest absolute Gasteiger partial charge is 0.496 e. The normalized spacial score (nSPS) is 10.2. The Morgan fingerprint density at radius 1 is 1.37 bits per heavy atom. The molecule has 0 fully saturated rings. The van der Waals surface area contributed by atoms with E-state index >= 15 is 0 Å². The standard InChI is InChI=1S/C13H12N2O3S/c1-18-10-6-4-3-5-8(10)11-9(12(16)17)7-14-13(15-11)19-2/h3-7H,1-2H3,(H,16,17). The molecule has 0 radical (unpaired) electrons. The molecule has 19 heavy (non-hydrogen) atoms. The Labute approximate surface area is 114 Å². The molecule has 0 amide bonds. The second-order valence-corrected chi connectivity index (χ2v) is 4.40. The van der Waals surface area contributed by atoms with Crippen LogP contribution in [0.2, 0.25) is 0 Å². The molecule has 2 aromatic rings. The second kappa shape index (κ2) is 5.71. The first-order valence-corrected chi connectivity index (χ1v) is 6.67. The van der Waals surface area contributed by atoms with Crippen molar-refractivity contribution in [2.24, 2.45) is 0 Å². The Bertz CT molecular complexity index is 617. The minimum atomic E-state index is -1.06. The Balaban J connectivity index is 2.68. The van der Waals surface area contributed by atoms with Gasteiger partial charge in [0.15, 0.2) is 5.16 Å². The van der Waals surface area contributed by atoms with Crippen LogP contribution in [0.15, 0.2) is 35.6 Å². The summed E-state index contributed by atoms with van der Waals surface area (Å²) in [7, 11) is 1.54. The van der Waals surface area contributed by atoms with Gasteiger partial charge < -0.3 is 9.84 Å². The van der Waals surface area contributed by atoms with Gasteiger partial charge in [-0.2, -0.15) is 0 Å². The van der Waals surface area contributed by atoms with Gasteiger partial charge in [0.2, 0.25) is 0 Å². The molecule has 0 aliphatic heterocycles. The predicted molar refractivity (Wildman–Crippen MR) is 72.8 cm³/mol. The van der Waals surface area contributed by atoms with Gasteiger partial charge in [-0.25, -0.2) is 14.8 Å². The van der Waals surface area contributed by atoms with E-state index in [9.17, 15) is 9.90 Å². The molecule has 5 nitrogen and oxygen atoms in total. The van der Waals surface area contributed by atoms with Crippen LogP contribution in [0.1, 0.15) is 10.4 Å². The van der Waals surface area contributed by atoms with E-state index in [1.54, 1.807) is 12.1 Å². The van der Waals surface area contributed by atoms with Crippen LogP contribution in [-0.2, 0) is 0 Å². The third-order valence-electron chi connectivity index (χ3n) is 2.54. The van der Waals surface area contributed by atoms with Crippen LogP contribution in [0.4, 0.5) is 0 Å². The van der Waals surface area contributed by atoms with Crippen molar-refractivity contribution in [1.29, 1.82) is 0 Å². The highest BCUT2D eigenvalue weighted by Crippen LogP contribution is 2.31. The SMILES string of the molecule is COc1ccccc1-c1nc(SC)ncc1C(=O)O. The number of aromatic carboxylic acids is 1. The minimum absolute atomic E-state index is 0.0577. The van der Waals surface area contributed by atoms with Gasteiger partial charge in [-0.05, 0) is 18.4 Å². The molecular weight excluding hydrogens is 264 g/mol. The topological polar surface area (TPSA) is 72.3 Å². The average Bonchev–Trinajstić information content (AvgIpc) is 2.46. The highest BCUT2D eigenvalue weighted by atomic mass is 32.2. The highest BCUT2D eigenvalue weighted by molar-refractivity contribution is 7.98. The molecule has 6 heteroatoms. The number of hydrogen-bond donors (Lipinski definition) is 1. The number of nitrogens with zero attached hydrogens (tertiary/aromatic N) is 2. The van der Waals surface area contributed by atoms with Crippen molar-refractivity contribution in [3.05, 3.63) is 36.0 Å². The van der Waals surface area contributed by atoms with Gasteiger partial charge in [-0.15, -0.1) is 0 Å². The van der Waals surface area contributed by atoms with E-state index in [4.69, 9.17) is 4.74 Å². The second-order valence-electron chi connectivity index (χ2n) is 3.62. The van der Waals surface area contributed by atoms with E-state index in [1.807, 2.05) is 18.4 Å². The van der Waals surface area contributed by atoms with Gasteiger partial charge in [-0.1, -0.05) is 23.9 Å². The molecule has 0 atom stereocenters. The first-order valence-electron chi connectivity index (χ1n) is 5.45. The number of para-hydroxylation sites is 1. The van der Waals surface area contributed by atoms with Crippen LogP contribution >= 0.6 is 11.8 Å². The number of carboxylic acids is 1. The quantitative estimate of drug-likeness (QED) is 0.683. The molecule has 0 aliphatic rings. The van der Waals surface area contributed by atoms with E-state index in [0.29, 0.717) is 22.2 Å². The van der Waals surface area contributed by atoms with E-state index in [2.05, 4.69) is 9.97 Å². The van der Waals surface area contributed by atoms with Crippen molar-refractivity contribution in [2.75, 3.05) is 13.4 Å². The van der Waals surface area contributed by atoms with Crippen LogP contribution in [0.25, 0.3) is 11.3 Å². The number of methoxy groups -OCH3 is 1. The van der Waals surface area contributed by atoms with Crippen molar-refractivity contribution in [1.82, 2.24) is 9.97 Å². The summed E-state index contributed by atoms with van der Waals surface area (Å²) in [5.74, 6) is -0.482. The summed E-state index contributed by atoms with van der Waals surface area (Å²) in [6.07, 6.45) is 3.16. The average molecular weight is 276 g/mol. The first-order chi connectivity index (χ1) is 9.17. The molecule has 0 unspecified atom stereocenters. The maximum Gasteiger partial charge on any atom is 0.339 e. The third-order valence-corrected chi connectivity index (χ3v) is 3.10. The first kappa shape index (κ1) is 13.4. The summed E-state index contributed by atoms with van der Waals surface area (Å²) < 4.78 is 5.25. The molecule has 1 N–H and O–H groups in total. The predicted octanol–water partition coefficient (Wildman–Crippen LogP) is 2.57. The smallest absolute Gasteiger partial charge is 0.339 e. The number of aromatic nitrogens is 2. The summed E-state index contributed by atoms with van der Waals surface area (Å²) in [4.78, 5) is 19.5. The lowest BCUT2D eigenvalue weighted by molar-refractivity contribution is 0.0696. The Morgan fingerprint density at radius 3 is 2.74 bits per heavy atom.